The highest BCUT2D eigenvalue weighted by atomic mass is 79.9. The van der Waals surface area contributed by atoms with E-state index in [1.54, 1.807) is 0 Å². The molecule has 2 rings (SSSR count). The number of hydrogen-bond donors (Lipinski definition) is 1. The van der Waals surface area contributed by atoms with Crippen molar-refractivity contribution in [3.8, 4) is 0 Å². The second kappa shape index (κ2) is 6.15. The fourth-order valence-electron chi connectivity index (χ4n) is 2.25. The minimum Gasteiger partial charge on any atom is -0.450 e. The van der Waals surface area contributed by atoms with Gasteiger partial charge in [0.05, 0.1) is 0 Å². The Balaban J connectivity index is 2.17. The van der Waals surface area contributed by atoms with E-state index in [-0.39, 0.29) is 21.9 Å². The number of aliphatic hydroxyl groups is 1. The van der Waals surface area contributed by atoms with Gasteiger partial charge in [-0.05, 0) is 29.8 Å². The molecule has 6 nitrogen and oxygen atoms in total. The fourth-order valence-corrected chi connectivity index (χ4v) is 4.63. The van der Waals surface area contributed by atoms with Crippen molar-refractivity contribution in [3.63, 3.8) is 0 Å². The van der Waals surface area contributed by atoms with E-state index in [0.717, 1.165) is 13.1 Å². The molecule has 1 saturated heterocycles. The van der Waals surface area contributed by atoms with Crippen molar-refractivity contribution < 1.29 is 17.9 Å². The third kappa shape index (κ3) is 3.09. The van der Waals surface area contributed by atoms with E-state index in [1.807, 2.05) is 0 Å². The molecular formula is C12H19BrN2O4S. The fraction of sp³-hybridized carbons (Fsp3) is 0.667. The average Bonchev–Trinajstić information content (AvgIpc) is 2.81. The molecule has 0 atom stereocenters. The molecule has 0 aliphatic carbocycles. The van der Waals surface area contributed by atoms with Crippen LogP contribution >= 0.6 is 15.9 Å². The van der Waals surface area contributed by atoms with Crippen LogP contribution in [0.15, 0.2) is 20.0 Å². The smallest absolute Gasteiger partial charge is 0.247 e. The molecule has 0 saturated carbocycles. The van der Waals surface area contributed by atoms with Gasteiger partial charge >= 0.3 is 0 Å². The second-order valence-corrected chi connectivity index (χ2v) is 7.67. The summed E-state index contributed by atoms with van der Waals surface area (Å²) in [5, 5.41) is 9.02. The Morgan fingerprint density at radius 3 is 2.40 bits per heavy atom. The zero-order valence-electron chi connectivity index (χ0n) is 11.5. The lowest BCUT2D eigenvalue weighted by Crippen LogP contribution is -2.50. The van der Waals surface area contributed by atoms with Gasteiger partial charge in [-0.1, -0.05) is 0 Å². The van der Waals surface area contributed by atoms with Crippen molar-refractivity contribution in [2.75, 3.05) is 26.2 Å². The maximum atomic E-state index is 12.5. The summed E-state index contributed by atoms with van der Waals surface area (Å²) in [6.07, 6.45) is 0. The van der Waals surface area contributed by atoms with Crippen molar-refractivity contribution >= 4 is 26.0 Å². The van der Waals surface area contributed by atoms with Gasteiger partial charge in [-0.2, -0.15) is 4.31 Å². The Kier molecular flexibility index (Phi) is 4.91. The van der Waals surface area contributed by atoms with E-state index < -0.39 is 10.0 Å². The summed E-state index contributed by atoms with van der Waals surface area (Å²) in [6.45, 7) is 6.25. The number of piperazine rings is 1. The average molecular weight is 367 g/mol. The van der Waals surface area contributed by atoms with Crippen LogP contribution in [0.3, 0.4) is 0 Å². The molecule has 0 spiro atoms. The van der Waals surface area contributed by atoms with Gasteiger partial charge < -0.3 is 9.52 Å². The molecule has 114 valence electrons. The first-order valence-electron chi connectivity index (χ1n) is 6.49. The standard InChI is InChI=1S/C12H19BrN2O4S/c1-9(2)14-3-5-15(6-4-14)20(17,18)11-7-10(8-16)19-12(11)13/h7,9,16H,3-6,8H2,1-2H3. The number of sulfonamides is 1. The third-order valence-electron chi connectivity index (χ3n) is 3.48. The first-order valence-corrected chi connectivity index (χ1v) is 8.73. The van der Waals surface area contributed by atoms with Gasteiger partial charge in [-0.25, -0.2) is 8.42 Å². The molecule has 0 bridgehead atoms. The molecule has 1 aliphatic rings. The summed E-state index contributed by atoms with van der Waals surface area (Å²) in [5.41, 5.74) is 0. The summed E-state index contributed by atoms with van der Waals surface area (Å²) in [6, 6.07) is 1.79. The molecule has 2 heterocycles. The predicted molar refractivity (Wildman–Crippen MR) is 77.8 cm³/mol. The largest absolute Gasteiger partial charge is 0.450 e. The lowest BCUT2D eigenvalue weighted by atomic mass is 10.3. The molecule has 20 heavy (non-hydrogen) atoms. The minimum absolute atomic E-state index is 0.0829. The first kappa shape index (κ1) is 16.0. The number of furan rings is 1. The Hall–Kier alpha value is -0.410. The van der Waals surface area contributed by atoms with Crippen LogP contribution in [0.4, 0.5) is 0 Å². The molecule has 1 aromatic rings. The third-order valence-corrected chi connectivity index (χ3v) is 6.24. The Labute approximate surface area is 127 Å². The van der Waals surface area contributed by atoms with E-state index >= 15 is 0 Å². The molecule has 1 N–H and O–H groups in total. The van der Waals surface area contributed by atoms with Crippen LogP contribution in [-0.4, -0.2) is 55.0 Å². The normalized spacial score (nSPS) is 18.9. The van der Waals surface area contributed by atoms with Gasteiger partial charge in [0.2, 0.25) is 10.0 Å². The number of aliphatic hydroxyl groups excluding tert-OH is 1. The Morgan fingerprint density at radius 1 is 1.35 bits per heavy atom. The summed E-state index contributed by atoms with van der Waals surface area (Å²) < 4.78 is 31.9. The van der Waals surface area contributed by atoms with Gasteiger partial charge in [-0.3, -0.25) is 4.90 Å². The summed E-state index contributed by atoms with van der Waals surface area (Å²) in [4.78, 5) is 2.33. The lowest BCUT2D eigenvalue weighted by molar-refractivity contribution is 0.154. The van der Waals surface area contributed by atoms with Crippen molar-refractivity contribution in [3.05, 3.63) is 16.5 Å². The molecular weight excluding hydrogens is 348 g/mol. The van der Waals surface area contributed by atoms with Gasteiger partial charge in [0.1, 0.15) is 17.3 Å². The van der Waals surface area contributed by atoms with Crippen LogP contribution in [0.1, 0.15) is 19.6 Å². The second-order valence-electron chi connectivity index (χ2n) is 5.04. The van der Waals surface area contributed by atoms with E-state index in [2.05, 4.69) is 34.7 Å². The minimum atomic E-state index is -3.58. The van der Waals surface area contributed by atoms with Gasteiger partial charge in [0.25, 0.3) is 0 Å². The zero-order valence-corrected chi connectivity index (χ0v) is 13.9. The predicted octanol–water partition coefficient (Wildman–Crippen LogP) is 1.25. The summed E-state index contributed by atoms with van der Waals surface area (Å²) >= 11 is 3.10. The summed E-state index contributed by atoms with van der Waals surface area (Å²) in [7, 11) is -3.58. The monoisotopic (exact) mass is 366 g/mol. The summed E-state index contributed by atoms with van der Waals surface area (Å²) in [5.74, 6) is 0.233. The SMILES string of the molecule is CC(C)N1CCN(S(=O)(=O)c2cc(CO)oc2Br)CC1. The number of rotatable bonds is 4. The van der Waals surface area contributed by atoms with E-state index in [4.69, 9.17) is 9.52 Å². The van der Waals surface area contributed by atoms with Crippen molar-refractivity contribution in [2.24, 2.45) is 0 Å². The zero-order chi connectivity index (χ0) is 14.9. The van der Waals surface area contributed by atoms with Crippen LogP contribution in [0.25, 0.3) is 0 Å². The van der Waals surface area contributed by atoms with E-state index in [1.165, 1.54) is 10.4 Å². The Bertz CT molecular complexity index is 562. The van der Waals surface area contributed by atoms with Crippen molar-refractivity contribution in [2.45, 2.75) is 31.4 Å². The molecule has 8 heteroatoms. The van der Waals surface area contributed by atoms with Crippen LogP contribution in [0, 0.1) is 0 Å². The lowest BCUT2D eigenvalue weighted by Gasteiger charge is -2.36. The Morgan fingerprint density at radius 2 is 1.95 bits per heavy atom. The van der Waals surface area contributed by atoms with Gasteiger partial charge in [-0.15, -0.1) is 0 Å². The first-order chi connectivity index (χ1) is 9.36. The highest BCUT2D eigenvalue weighted by Crippen LogP contribution is 2.29. The molecule has 0 unspecified atom stereocenters. The molecule has 0 amide bonds. The van der Waals surface area contributed by atoms with Crippen LogP contribution in [-0.2, 0) is 16.6 Å². The quantitative estimate of drug-likeness (QED) is 0.867. The molecule has 1 aromatic heterocycles. The molecule has 0 radical (unpaired) electrons. The van der Waals surface area contributed by atoms with E-state index in [0.29, 0.717) is 19.1 Å². The van der Waals surface area contributed by atoms with Crippen LogP contribution < -0.4 is 0 Å². The highest BCUT2D eigenvalue weighted by molar-refractivity contribution is 9.10. The van der Waals surface area contributed by atoms with E-state index in [9.17, 15) is 8.42 Å². The topological polar surface area (TPSA) is 74.0 Å². The highest BCUT2D eigenvalue weighted by Gasteiger charge is 2.32. The number of hydrogen-bond acceptors (Lipinski definition) is 5. The van der Waals surface area contributed by atoms with Gasteiger partial charge in [0, 0.05) is 38.3 Å². The van der Waals surface area contributed by atoms with Crippen molar-refractivity contribution in [1.82, 2.24) is 9.21 Å². The number of halogens is 1. The van der Waals surface area contributed by atoms with Crippen molar-refractivity contribution in [1.29, 1.82) is 0 Å². The van der Waals surface area contributed by atoms with Crippen LogP contribution in [0.5, 0.6) is 0 Å². The maximum Gasteiger partial charge on any atom is 0.247 e. The molecule has 1 fully saturated rings. The maximum absolute atomic E-state index is 12.5. The number of nitrogens with zero attached hydrogens (tertiary/aromatic N) is 2. The molecule has 1 aliphatic heterocycles. The van der Waals surface area contributed by atoms with Gasteiger partial charge in [0.15, 0.2) is 4.67 Å². The molecule has 0 aromatic carbocycles. The van der Waals surface area contributed by atoms with Crippen LogP contribution in [0.2, 0.25) is 0 Å².